The van der Waals surface area contributed by atoms with Crippen LogP contribution in [-0.2, 0) is 12.8 Å². The van der Waals surface area contributed by atoms with Gasteiger partial charge in [0.1, 0.15) is 11.5 Å². The maximum absolute atomic E-state index is 8.72. The quantitative estimate of drug-likeness (QED) is 0.819. The molecule has 2 rings (SSSR count). The monoisotopic (exact) mass is 288 g/mol. The second kappa shape index (κ2) is 6.92. The molecular formula is C15H16N2O2S. The molecule has 0 aliphatic heterocycles. The van der Waals surface area contributed by atoms with E-state index in [0.717, 1.165) is 33.5 Å². The standard InChI is InChI=1S/C15H16N2O2S/c1-11-14(6-8-16)20-15(17-11)7-9-19-13-5-3-4-12(10-13)18-2/h3-5,10H,6-7,9H2,1-2H3. The molecule has 0 N–H and O–H groups in total. The van der Waals surface area contributed by atoms with Crippen molar-refractivity contribution >= 4 is 11.3 Å². The first-order chi connectivity index (χ1) is 9.72. The number of hydrogen-bond acceptors (Lipinski definition) is 5. The van der Waals surface area contributed by atoms with Gasteiger partial charge in [-0.3, -0.25) is 0 Å². The Morgan fingerprint density at radius 1 is 1.35 bits per heavy atom. The summed E-state index contributed by atoms with van der Waals surface area (Å²) in [4.78, 5) is 5.50. The van der Waals surface area contributed by atoms with Crippen molar-refractivity contribution in [2.75, 3.05) is 13.7 Å². The fraction of sp³-hybridized carbons (Fsp3) is 0.333. The van der Waals surface area contributed by atoms with Gasteiger partial charge in [0.15, 0.2) is 0 Å². The minimum atomic E-state index is 0.431. The Hall–Kier alpha value is -2.06. The van der Waals surface area contributed by atoms with E-state index >= 15 is 0 Å². The van der Waals surface area contributed by atoms with Crippen molar-refractivity contribution in [1.29, 1.82) is 5.26 Å². The molecule has 1 aromatic carbocycles. The number of hydrogen-bond donors (Lipinski definition) is 0. The molecule has 0 atom stereocenters. The zero-order valence-electron chi connectivity index (χ0n) is 11.5. The van der Waals surface area contributed by atoms with E-state index < -0.39 is 0 Å². The first-order valence-electron chi connectivity index (χ1n) is 6.32. The van der Waals surface area contributed by atoms with Crippen LogP contribution in [0.1, 0.15) is 15.6 Å². The molecule has 104 valence electrons. The van der Waals surface area contributed by atoms with Crippen LogP contribution in [0.5, 0.6) is 11.5 Å². The van der Waals surface area contributed by atoms with Crippen LogP contribution in [0.15, 0.2) is 24.3 Å². The summed E-state index contributed by atoms with van der Waals surface area (Å²) in [6.07, 6.45) is 1.17. The Morgan fingerprint density at radius 3 is 2.90 bits per heavy atom. The molecule has 0 saturated heterocycles. The van der Waals surface area contributed by atoms with Gasteiger partial charge in [0.05, 0.1) is 36.9 Å². The first kappa shape index (κ1) is 14.4. The van der Waals surface area contributed by atoms with Gasteiger partial charge in [-0.15, -0.1) is 11.3 Å². The Balaban J connectivity index is 1.89. The second-order valence-corrected chi connectivity index (χ2v) is 5.40. The number of aryl methyl sites for hydroxylation is 1. The van der Waals surface area contributed by atoms with Gasteiger partial charge in [-0.05, 0) is 19.1 Å². The molecule has 5 heteroatoms. The van der Waals surface area contributed by atoms with Crippen molar-refractivity contribution in [1.82, 2.24) is 4.98 Å². The highest BCUT2D eigenvalue weighted by Crippen LogP contribution is 2.21. The van der Waals surface area contributed by atoms with Gasteiger partial charge in [-0.25, -0.2) is 4.98 Å². The molecule has 0 radical (unpaired) electrons. The third-order valence-electron chi connectivity index (χ3n) is 2.80. The highest BCUT2D eigenvalue weighted by atomic mass is 32.1. The average Bonchev–Trinajstić information content (AvgIpc) is 2.80. The van der Waals surface area contributed by atoms with Crippen LogP contribution >= 0.6 is 11.3 Å². The maximum Gasteiger partial charge on any atom is 0.123 e. The number of benzene rings is 1. The van der Waals surface area contributed by atoms with Crippen LogP contribution in [0.4, 0.5) is 0 Å². The van der Waals surface area contributed by atoms with Crippen molar-refractivity contribution < 1.29 is 9.47 Å². The molecule has 0 unspecified atom stereocenters. The Bertz CT molecular complexity index is 617. The SMILES string of the molecule is COc1cccc(OCCc2nc(C)c(CC#N)s2)c1. The predicted molar refractivity (Wildman–Crippen MR) is 78.4 cm³/mol. The van der Waals surface area contributed by atoms with Crippen LogP contribution < -0.4 is 9.47 Å². The van der Waals surface area contributed by atoms with Crippen molar-refractivity contribution in [3.8, 4) is 17.6 Å². The fourth-order valence-corrected chi connectivity index (χ4v) is 2.76. The second-order valence-electron chi connectivity index (χ2n) is 4.23. The fourth-order valence-electron chi connectivity index (χ4n) is 1.78. The molecule has 0 bridgehead atoms. The van der Waals surface area contributed by atoms with Gasteiger partial charge in [-0.1, -0.05) is 6.07 Å². The first-order valence-corrected chi connectivity index (χ1v) is 7.13. The van der Waals surface area contributed by atoms with Gasteiger partial charge in [-0.2, -0.15) is 5.26 Å². The van der Waals surface area contributed by atoms with E-state index in [-0.39, 0.29) is 0 Å². The lowest BCUT2D eigenvalue weighted by Gasteiger charge is -2.06. The van der Waals surface area contributed by atoms with Gasteiger partial charge in [0, 0.05) is 17.4 Å². The largest absolute Gasteiger partial charge is 0.497 e. The molecule has 20 heavy (non-hydrogen) atoms. The molecule has 1 heterocycles. The third kappa shape index (κ3) is 3.72. The third-order valence-corrected chi connectivity index (χ3v) is 4.02. The highest BCUT2D eigenvalue weighted by molar-refractivity contribution is 7.11. The molecule has 2 aromatic rings. The molecule has 0 fully saturated rings. The lowest BCUT2D eigenvalue weighted by Crippen LogP contribution is -2.01. The van der Waals surface area contributed by atoms with Crippen LogP contribution in [0.25, 0.3) is 0 Å². The number of aromatic nitrogens is 1. The molecule has 4 nitrogen and oxygen atoms in total. The van der Waals surface area contributed by atoms with Crippen LogP contribution in [-0.4, -0.2) is 18.7 Å². The lowest BCUT2D eigenvalue weighted by atomic mass is 10.3. The van der Waals surface area contributed by atoms with Gasteiger partial charge < -0.3 is 9.47 Å². The number of methoxy groups -OCH3 is 1. The summed E-state index contributed by atoms with van der Waals surface area (Å²) < 4.78 is 10.8. The summed E-state index contributed by atoms with van der Waals surface area (Å²) in [5, 5.41) is 9.73. The number of nitrogens with zero attached hydrogens (tertiary/aromatic N) is 2. The van der Waals surface area contributed by atoms with Gasteiger partial charge in [0.2, 0.25) is 0 Å². The number of ether oxygens (including phenoxy) is 2. The van der Waals surface area contributed by atoms with E-state index in [1.54, 1.807) is 18.4 Å². The molecule has 0 spiro atoms. The zero-order chi connectivity index (χ0) is 14.4. The van der Waals surface area contributed by atoms with E-state index in [0.29, 0.717) is 13.0 Å². The molecular weight excluding hydrogens is 272 g/mol. The van der Waals surface area contributed by atoms with Crippen molar-refractivity contribution in [3.63, 3.8) is 0 Å². The Kier molecular flexibility index (Phi) is 4.97. The molecule has 0 saturated carbocycles. The molecule has 0 aliphatic rings. The van der Waals surface area contributed by atoms with E-state index in [1.807, 2.05) is 31.2 Å². The highest BCUT2D eigenvalue weighted by Gasteiger charge is 2.07. The summed E-state index contributed by atoms with van der Waals surface area (Å²) in [5.41, 5.74) is 0.952. The summed E-state index contributed by atoms with van der Waals surface area (Å²) in [6.45, 7) is 2.50. The number of rotatable bonds is 6. The average molecular weight is 288 g/mol. The molecule has 0 aliphatic carbocycles. The number of nitriles is 1. The minimum Gasteiger partial charge on any atom is -0.497 e. The van der Waals surface area contributed by atoms with E-state index in [2.05, 4.69) is 11.1 Å². The van der Waals surface area contributed by atoms with Gasteiger partial charge in [0.25, 0.3) is 0 Å². The van der Waals surface area contributed by atoms with Crippen molar-refractivity contribution in [2.45, 2.75) is 19.8 Å². The smallest absolute Gasteiger partial charge is 0.123 e. The summed E-state index contributed by atoms with van der Waals surface area (Å²) in [7, 11) is 1.63. The van der Waals surface area contributed by atoms with E-state index in [4.69, 9.17) is 14.7 Å². The van der Waals surface area contributed by atoms with Crippen molar-refractivity contribution in [3.05, 3.63) is 39.8 Å². The predicted octanol–water partition coefficient (Wildman–Crippen LogP) is 3.15. The van der Waals surface area contributed by atoms with Crippen LogP contribution in [0, 0.1) is 18.3 Å². The normalized spacial score (nSPS) is 10.1. The summed E-state index contributed by atoms with van der Waals surface area (Å²) in [5.74, 6) is 1.57. The molecule has 0 amide bonds. The molecule has 1 aromatic heterocycles. The number of thiazole rings is 1. The van der Waals surface area contributed by atoms with Crippen molar-refractivity contribution in [2.24, 2.45) is 0 Å². The van der Waals surface area contributed by atoms with E-state index in [1.165, 1.54) is 0 Å². The zero-order valence-corrected chi connectivity index (χ0v) is 12.4. The van der Waals surface area contributed by atoms with Gasteiger partial charge >= 0.3 is 0 Å². The topological polar surface area (TPSA) is 55.1 Å². The van der Waals surface area contributed by atoms with Crippen LogP contribution in [0.3, 0.4) is 0 Å². The maximum atomic E-state index is 8.72. The Morgan fingerprint density at radius 2 is 2.15 bits per heavy atom. The lowest BCUT2D eigenvalue weighted by molar-refractivity contribution is 0.318. The minimum absolute atomic E-state index is 0.431. The van der Waals surface area contributed by atoms with E-state index in [9.17, 15) is 0 Å². The van der Waals surface area contributed by atoms with Crippen LogP contribution in [0.2, 0.25) is 0 Å². The Labute approximate surface area is 122 Å². The summed E-state index contributed by atoms with van der Waals surface area (Å²) >= 11 is 1.59. The summed E-state index contributed by atoms with van der Waals surface area (Å²) in [6, 6.07) is 9.69.